The highest BCUT2D eigenvalue weighted by Crippen LogP contribution is 2.30. The Labute approximate surface area is 166 Å². The molecule has 3 saturated heterocycles. The quantitative estimate of drug-likeness (QED) is 0.863. The second-order valence-corrected chi connectivity index (χ2v) is 8.13. The zero-order valence-corrected chi connectivity index (χ0v) is 17.1. The first-order chi connectivity index (χ1) is 13.6. The summed E-state index contributed by atoms with van der Waals surface area (Å²) in [5.74, 6) is 1.51. The molecule has 0 radical (unpaired) electrons. The van der Waals surface area contributed by atoms with Crippen molar-refractivity contribution in [2.45, 2.75) is 45.7 Å². The average Bonchev–Trinajstić information content (AvgIpc) is 2.87. The summed E-state index contributed by atoms with van der Waals surface area (Å²) < 4.78 is 5.26. The third kappa shape index (κ3) is 3.65. The first kappa shape index (κ1) is 19.0. The summed E-state index contributed by atoms with van der Waals surface area (Å²) in [6, 6.07) is 8.57. The van der Waals surface area contributed by atoms with Gasteiger partial charge in [-0.25, -0.2) is 0 Å². The minimum atomic E-state index is 0.0921. The van der Waals surface area contributed by atoms with Gasteiger partial charge in [-0.1, -0.05) is 19.1 Å². The topological polar surface area (TPSA) is 61.5 Å². The molecule has 4 heterocycles. The minimum Gasteiger partial charge on any atom is -0.497 e. The Balaban J connectivity index is 1.48. The lowest BCUT2D eigenvalue weighted by Gasteiger charge is -2.36. The summed E-state index contributed by atoms with van der Waals surface area (Å²) in [6.45, 7) is 7.82. The van der Waals surface area contributed by atoms with Gasteiger partial charge in [-0.15, -0.1) is 0 Å². The second-order valence-electron chi connectivity index (χ2n) is 8.13. The van der Waals surface area contributed by atoms with Crippen LogP contribution in [0.25, 0.3) is 0 Å². The van der Waals surface area contributed by atoms with Gasteiger partial charge < -0.3 is 9.64 Å². The van der Waals surface area contributed by atoms with E-state index in [4.69, 9.17) is 4.74 Å². The van der Waals surface area contributed by atoms with E-state index in [0.29, 0.717) is 11.6 Å². The number of carbonyl (C=O) groups is 1. The number of methoxy groups -OCH3 is 1. The normalized spacial score (nSPS) is 22.3. The number of hydrogen-bond donors (Lipinski definition) is 1. The molecule has 2 atom stereocenters. The van der Waals surface area contributed by atoms with E-state index in [0.717, 1.165) is 56.0 Å². The monoisotopic (exact) mass is 382 g/mol. The van der Waals surface area contributed by atoms with Crippen molar-refractivity contribution in [2.24, 2.45) is 5.92 Å². The van der Waals surface area contributed by atoms with Gasteiger partial charge in [0, 0.05) is 43.5 Å². The van der Waals surface area contributed by atoms with E-state index in [2.05, 4.69) is 39.1 Å². The molecule has 2 aromatic rings. The molecule has 0 unspecified atom stereocenters. The SMILES string of the molecule is CCc1[nH]nc(C(=O)N2C[C@H]3CC[C@@H]2CN(Cc2ccc(OC)cc2)C3)c1C. The summed E-state index contributed by atoms with van der Waals surface area (Å²) in [5, 5.41) is 7.37. The van der Waals surface area contributed by atoms with Crippen LogP contribution in [0.1, 0.15) is 47.1 Å². The Morgan fingerprint density at radius 1 is 1.21 bits per heavy atom. The predicted octanol–water partition coefficient (Wildman–Crippen LogP) is 3.03. The lowest BCUT2D eigenvalue weighted by Crippen LogP contribution is -2.47. The molecule has 1 aromatic carbocycles. The highest BCUT2D eigenvalue weighted by molar-refractivity contribution is 5.94. The van der Waals surface area contributed by atoms with E-state index in [1.54, 1.807) is 7.11 Å². The number of aromatic nitrogens is 2. The third-order valence-corrected chi connectivity index (χ3v) is 6.28. The molecular weight excluding hydrogens is 352 g/mol. The predicted molar refractivity (Wildman–Crippen MR) is 109 cm³/mol. The highest BCUT2D eigenvalue weighted by Gasteiger charge is 2.38. The number of rotatable bonds is 5. The molecule has 28 heavy (non-hydrogen) atoms. The van der Waals surface area contributed by atoms with E-state index >= 15 is 0 Å². The number of nitrogens with zero attached hydrogens (tertiary/aromatic N) is 3. The Morgan fingerprint density at radius 2 is 2.00 bits per heavy atom. The summed E-state index contributed by atoms with van der Waals surface area (Å²) in [5.41, 5.74) is 3.95. The van der Waals surface area contributed by atoms with E-state index in [9.17, 15) is 4.79 Å². The fourth-order valence-electron chi connectivity index (χ4n) is 4.67. The van der Waals surface area contributed by atoms with Gasteiger partial charge in [0.15, 0.2) is 5.69 Å². The number of aryl methyl sites for hydroxylation is 1. The molecule has 1 amide bonds. The average molecular weight is 383 g/mol. The van der Waals surface area contributed by atoms with E-state index in [1.807, 2.05) is 19.1 Å². The molecular formula is C22H30N4O2. The van der Waals surface area contributed by atoms with Crippen LogP contribution in [-0.2, 0) is 13.0 Å². The van der Waals surface area contributed by atoms with Gasteiger partial charge in [-0.3, -0.25) is 14.8 Å². The lowest BCUT2D eigenvalue weighted by atomic mass is 9.94. The molecule has 3 fully saturated rings. The Hall–Kier alpha value is -2.34. The summed E-state index contributed by atoms with van der Waals surface area (Å²) in [6.07, 6.45) is 3.15. The van der Waals surface area contributed by atoms with Crippen molar-refractivity contribution in [1.82, 2.24) is 20.0 Å². The maximum Gasteiger partial charge on any atom is 0.274 e. The molecule has 5 rings (SSSR count). The van der Waals surface area contributed by atoms with Gasteiger partial charge in [0.1, 0.15) is 5.75 Å². The van der Waals surface area contributed by atoms with E-state index in [-0.39, 0.29) is 11.9 Å². The van der Waals surface area contributed by atoms with E-state index < -0.39 is 0 Å². The maximum atomic E-state index is 13.2. The van der Waals surface area contributed by atoms with Crippen molar-refractivity contribution in [3.63, 3.8) is 0 Å². The van der Waals surface area contributed by atoms with Crippen molar-refractivity contribution in [3.8, 4) is 5.75 Å². The van der Waals surface area contributed by atoms with Gasteiger partial charge in [0.25, 0.3) is 5.91 Å². The largest absolute Gasteiger partial charge is 0.497 e. The molecule has 3 aliphatic heterocycles. The first-order valence-corrected chi connectivity index (χ1v) is 10.3. The highest BCUT2D eigenvalue weighted by atomic mass is 16.5. The maximum absolute atomic E-state index is 13.2. The van der Waals surface area contributed by atoms with Gasteiger partial charge in [-0.2, -0.15) is 5.10 Å². The summed E-state index contributed by atoms with van der Waals surface area (Å²) in [7, 11) is 1.69. The summed E-state index contributed by atoms with van der Waals surface area (Å²) in [4.78, 5) is 17.8. The van der Waals surface area contributed by atoms with Gasteiger partial charge in [0.2, 0.25) is 0 Å². The number of ether oxygens (including phenoxy) is 1. The van der Waals surface area contributed by atoms with Crippen LogP contribution < -0.4 is 4.74 Å². The van der Waals surface area contributed by atoms with Crippen LogP contribution in [-0.4, -0.2) is 58.7 Å². The molecule has 6 heteroatoms. The van der Waals surface area contributed by atoms with Crippen LogP contribution in [0.2, 0.25) is 0 Å². The zero-order chi connectivity index (χ0) is 19.7. The van der Waals surface area contributed by atoms with Crippen LogP contribution in [0.3, 0.4) is 0 Å². The van der Waals surface area contributed by atoms with E-state index in [1.165, 1.54) is 12.0 Å². The zero-order valence-electron chi connectivity index (χ0n) is 17.1. The number of hydrogen-bond acceptors (Lipinski definition) is 4. The van der Waals surface area contributed by atoms with Gasteiger partial charge >= 0.3 is 0 Å². The van der Waals surface area contributed by atoms with Crippen molar-refractivity contribution in [3.05, 3.63) is 46.8 Å². The number of nitrogens with one attached hydrogen (secondary N) is 1. The van der Waals surface area contributed by atoms with Crippen molar-refractivity contribution in [1.29, 1.82) is 0 Å². The number of aromatic amines is 1. The number of benzene rings is 1. The van der Waals surface area contributed by atoms with Gasteiger partial charge in [-0.05, 0) is 49.8 Å². The van der Waals surface area contributed by atoms with Crippen LogP contribution in [0.4, 0.5) is 0 Å². The van der Waals surface area contributed by atoms with Crippen molar-refractivity contribution in [2.75, 3.05) is 26.7 Å². The number of H-pyrrole nitrogens is 1. The Morgan fingerprint density at radius 3 is 2.68 bits per heavy atom. The van der Waals surface area contributed by atoms with Crippen LogP contribution >= 0.6 is 0 Å². The Bertz CT molecular complexity index is 830. The molecule has 0 aliphatic carbocycles. The van der Waals surface area contributed by atoms with Crippen molar-refractivity contribution >= 4 is 5.91 Å². The molecule has 150 valence electrons. The smallest absolute Gasteiger partial charge is 0.274 e. The molecule has 1 N–H and O–H groups in total. The lowest BCUT2D eigenvalue weighted by molar-refractivity contribution is 0.0578. The standard InChI is InChI=1S/C22H30N4O2/c1-4-20-15(2)21(24-23-20)22(27)26-13-17-5-8-18(26)14-25(12-17)11-16-6-9-19(28-3)10-7-16/h6-7,9-10,17-18H,4-5,8,11-14H2,1-3H3,(H,23,24)/t17-,18+/m0/s1. The Kier molecular flexibility index (Phi) is 5.40. The molecule has 0 spiro atoms. The molecule has 2 bridgehead atoms. The third-order valence-electron chi connectivity index (χ3n) is 6.28. The number of fused-ring (bicyclic) bond motifs is 4. The van der Waals surface area contributed by atoms with Crippen molar-refractivity contribution < 1.29 is 9.53 Å². The number of piperidine rings is 1. The number of carbonyl (C=O) groups excluding carboxylic acids is 1. The molecule has 1 aromatic heterocycles. The number of amides is 1. The van der Waals surface area contributed by atoms with Crippen LogP contribution in [0.5, 0.6) is 5.75 Å². The molecule has 6 nitrogen and oxygen atoms in total. The minimum absolute atomic E-state index is 0.0921. The van der Waals surface area contributed by atoms with Gasteiger partial charge in [0.05, 0.1) is 7.11 Å². The molecule has 3 aliphatic rings. The summed E-state index contributed by atoms with van der Waals surface area (Å²) >= 11 is 0. The fraction of sp³-hybridized carbons (Fsp3) is 0.545. The van der Waals surface area contributed by atoms with Crippen LogP contribution in [0, 0.1) is 12.8 Å². The van der Waals surface area contributed by atoms with Crippen LogP contribution in [0.15, 0.2) is 24.3 Å². The first-order valence-electron chi connectivity index (χ1n) is 10.3. The fourth-order valence-corrected chi connectivity index (χ4v) is 4.67. The molecule has 0 saturated carbocycles. The second kappa shape index (κ2) is 7.95.